The molecule has 2 heterocycles. The van der Waals surface area contributed by atoms with Crippen molar-refractivity contribution in [2.45, 2.75) is 19.9 Å². The van der Waals surface area contributed by atoms with E-state index in [1.807, 2.05) is 6.07 Å². The van der Waals surface area contributed by atoms with Crippen LogP contribution in [-0.4, -0.2) is 4.57 Å². The minimum Gasteiger partial charge on any atom is -0.336 e. The van der Waals surface area contributed by atoms with Crippen LogP contribution < -0.4 is 0 Å². The lowest BCUT2D eigenvalue weighted by molar-refractivity contribution is 0.882. The second kappa shape index (κ2) is 3.88. The Kier molecular flexibility index (Phi) is 2.27. The van der Waals surface area contributed by atoms with Gasteiger partial charge in [0.2, 0.25) is 0 Å². The molecule has 94 valence electrons. The minimum atomic E-state index is 0.819. The van der Waals surface area contributed by atoms with Crippen LogP contribution in [0.5, 0.6) is 0 Å². The van der Waals surface area contributed by atoms with Crippen molar-refractivity contribution in [2.24, 2.45) is 0 Å². The van der Waals surface area contributed by atoms with Crippen LogP contribution in [0.1, 0.15) is 18.1 Å². The summed E-state index contributed by atoms with van der Waals surface area (Å²) in [6.45, 7) is 3.20. The van der Waals surface area contributed by atoms with Gasteiger partial charge in [-0.1, -0.05) is 42.8 Å². The van der Waals surface area contributed by atoms with Gasteiger partial charge >= 0.3 is 0 Å². The molecule has 0 atom stereocenters. The monoisotopic (exact) mass is 267 g/mol. The van der Waals surface area contributed by atoms with Gasteiger partial charge < -0.3 is 4.57 Å². The SMILES string of the molecule is CCc1c2n(c3ccc(Cl)cc13)Cc1ccccc1-2. The Bertz CT molecular complexity index is 798. The lowest BCUT2D eigenvalue weighted by Gasteiger charge is -2.02. The fourth-order valence-corrected chi connectivity index (χ4v) is 3.46. The summed E-state index contributed by atoms with van der Waals surface area (Å²) in [6.07, 6.45) is 1.04. The smallest absolute Gasteiger partial charge is 0.0530 e. The quantitative estimate of drug-likeness (QED) is 0.463. The van der Waals surface area contributed by atoms with Crippen molar-refractivity contribution < 1.29 is 0 Å². The van der Waals surface area contributed by atoms with Crippen LogP contribution in [0.4, 0.5) is 0 Å². The van der Waals surface area contributed by atoms with Gasteiger partial charge in [0.05, 0.1) is 5.69 Å². The summed E-state index contributed by atoms with van der Waals surface area (Å²) in [5.41, 5.74) is 6.90. The maximum absolute atomic E-state index is 6.16. The van der Waals surface area contributed by atoms with E-state index in [0.717, 1.165) is 18.0 Å². The molecule has 0 radical (unpaired) electrons. The molecule has 0 aliphatic carbocycles. The molecule has 0 N–H and O–H groups in total. The van der Waals surface area contributed by atoms with Gasteiger partial charge in [-0.25, -0.2) is 0 Å². The Morgan fingerprint density at radius 3 is 2.84 bits per heavy atom. The first-order chi connectivity index (χ1) is 9.29. The van der Waals surface area contributed by atoms with Gasteiger partial charge in [-0.05, 0) is 35.7 Å². The summed E-state index contributed by atoms with van der Waals surface area (Å²) in [5, 5.41) is 2.12. The van der Waals surface area contributed by atoms with Gasteiger partial charge in [0.15, 0.2) is 0 Å². The maximum atomic E-state index is 6.16. The van der Waals surface area contributed by atoms with Crippen molar-refractivity contribution in [3.05, 3.63) is 58.6 Å². The van der Waals surface area contributed by atoms with E-state index in [9.17, 15) is 0 Å². The number of rotatable bonds is 1. The molecular weight excluding hydrogens is 254 g/mol. The van der Waals surface area contributed by atoms with Gasteiger partial charge in [0.25, 0.3) is 0 Å². The summed E-state index contributed by atoms with van der Waals surface area (Å²) >= 11 is 6.16. The van der Waals surface area contributed by atoms with E-state index in [-0.39, 0.29) is 0 Å². The number of hydrogen-bond donors (Lipinski definition) is 0. The van der Waals surface area contributed by atoms with E-state index in [4.69, 9.17) is 11.6 Å². The van der Waals surface area contributed by atoms with E-state index in [2.05, 4.69) is 47.9 Å². The molecule has 2 heteroatoms. The number of aryl methyl sites for hydroxylation is 1. The zero-order valence-electron chi connectivity index (χ0n) is 10.8. The fourth-order valence-electron chi connectivity index (χ4n) is 3.29. The highest BCUT2D eigenvalue weighted by atomic mass is 35.5. The van der Waals surface area contributed by atoms with Crippen molar-refractivity contribution >= 4 is 22.5 Å². The molecule has 0 saturated heterocycles. The summed E-state index contributed by atoms with van der Waals surface area (Å²) in [5.74, 6) is 0. The largest absolute Gasteiger partial charge is 0.336 e. The van der Waals surface area contributed by atoms with Crippen LogP contribution in [-0.2, 0) is 13.0 Å². The summed E-state index contributed by atoms with van der Waals surface area (Å²) in [6, 6.07) is 14.9. The zero-order valence-corrected chi connectivity index (χ0v) is 11.5. The van der Waals surface area contributed by atoms with Crippen LogP contribution in [0.25, 0.3) is 22.2 Å². The molecule has 0 bridgehead atoms. The highest BCUT2D eigenvalue weighted by Gasteiger charge is 2.24. The Labute approximate surface area is 117 Å². The molecule has 1 aromatic heterocycles. The molecule has 19 heavy (non-hydrogen) atoms. The highest BCUT2D eigenvalue weighted by Crippen LogP contribution is 2.41. The van der Waals surface area contributed by atoms with E-state index in [0.29, 0.717) is 0 Å². The lowest BCUT2D eigenvalue weighted by Crippen LogP contribution is -1.91. The number of aromatic nitrogens is 1. The lowest BCUT2D eigenvalue weighted by atomic mass is 10.0. The summed E-state index contributed by atoms with van der Waals surface area (Å²) in [7, 11) is 0. The zero-order chi connectivity index (χ0) is 13.0. The Hall–Kier alpha value is -1.73. The topological polar surface area (TPSA) is 4.93 Å². The Morgan fingerprint density at radius 2 is 2.00 bits per heavy atom. The third-order valence-corrected chi connectivity index (χ3v) is 4.32. The van der Waals surface area contributed by atoms with Crippen LogP contribution in [0, 0.1) is 0 Å². The van der Waals surface area contributed by atoms with Crippen molar-refractivity contribution in [2.75, 3.05) is 0 Å². The summed E-state index contributed by atoms with van der Waals surface area (Å²) in [4.78, 5) is 0. The van der Waals surface area contributed by atoms with Gasteiger partial charge in [0.1, 0.15) is 0 Å². The molecule has 1 aliphatic rings. The minimum absolute atomic E-state index is 0.819. The number of hydrogen-bond acceptors (Lipinski definition) is 0. The van der Waals surface area contributed by atoms with Gasteiger partial charge in [-0.15, -0.1) is 0 Å². The second-order valence-electron chi connectivity index (χ2n) is 5.09. The number of halogens is 1. The molecule has 0 saturated carbocycles. The average molecular weight is 268 g/mol. The molecule has 2 aromatic carbocycles. The molecule has 0 amide bonds. The highest BCUT2D eigenvalue weighted by molar-refractivity contribution is 6.31. The predicted molar refractivity (Wildman–Crippen MR) is 80.9 cm³/mol. The molecule has 1 aliphatic heterocycles. The Morgan fingerprint density at radius 1 is 1.16 bits per heavy atom. The van der Waals surface area contributed by atoms with Gasteiger partial charge in [-0.3, -0.25) is 0 Å². The van der Waals surface area contributed by atoms with Crippen LogP contribution in [0.3, 0.4) is 0 Å². The van der Waals surface area contributed by atoms with E-state index < -0.39 is 0 Å². The van der Waals surface area contributed by atoms with Crippen LogP contribution in [0.15, 0.2) is 42.5 Å². The van der Waals surface area contributed by atoms with Gasteiger partial charge in [0, 0.05) is 28.0 Å². The average Bonchev–Trinajstić information content (AvgIpc) is 2.92. The number of nitrogens with zero attached hydrogens (tertiary/aromatic N) is 1. The third kappa shape index (κ3) is 1.42. The first-order valence-electron chi connectivity index (χ1n) is 6.68. The standard InChI is InChI=1S/C17H14ClN/c1-2-13-15-9-12(18)7-8-16(15)19-10-11-5-3-4-6-14(11)17(13)19/h3-9H,2,10H2,1H3. The van der Waals surface area contributed by atoms with Crippen LogP contribution in [0.2, 0.25) is 5.02 Å². The van der Waals surface area contributed by atoms with E-state index >= 15 is 0 Å². The van der Waals surface area contributed by atoms with E-state index in [1.54, 1.807) is 0 Å². The predicted octanol–water partition coefficient (Wildman–Crippen LogP) is 4.89. The molecular formula is C17H14ClN. The van der Waals surface area contributed by atoms with Crippen molar-refractivity contribution in [1.82, 2.24) is 4.57 Å². The van der Waals surface area contributed by atoms with Crippen molar-refractivity contribution in [3.8, 4) is 11.3 Å². The molecule has 0 fully saturated rings. The normalized spacial score (nSPS) is 12.7. The molecule has 0 unspecified atom stereocenters. The second-order valence-corrected chi connectivity index (χ2v) is 5.52. The van der Waals surface area contributed by atoms with Crippen molar-refractivity contribution in [1.29, 1.82) is 0 Å². The fraction of sp³-hybridized carbons (Fsp3) is 0.176. The maximum Gasteiger partial charge on any atom is 0.0530 e. The molecule has 3 aromatic rings. The van der Waals surface area contributed by atoms with Crippen LogP contribution >= 0.6 is 11.6 Å². The number of benzene rings is 2. The summed E-state index contributed by atoms with van der Waals surface area (Å²) < 4.78 is 2.43. The van der Waals surface area contributed by atoms with E-state index in [1.165, 1.54) is 33.3 Å². The van der Waals surface area contributed by atoms with Gasteiger partial charge in [-0.2, -0.15) is 0 Å². The first-order valence-corrected chi connectivity index (χ1v) is 7.06. The number of fused-ring (bicyclic) bond motifs is 5. The molecule has 0 spiro atoms. The molecule has 1 nitrogen and oxygen atoms in total. The Balaban J connectivity index is 2.14. The molecule has 4 rings (SSSR count). The van der Waals surface area contributed by atoms with Crippen molar-refractivity contribution in [3.63, 3.8) is 0 Å². The third-order valence-electron chi connectivity index (χ3n) is 4.08. The first kappa shape index (κ1) is 11.1.